The number of hydrogen-bond acceptors (Lipinski definition) is 6. The highest BCUT2D eigenvalue weighted by Crippen LogP contribution is 2.56. The molecule has 6 nitrogen and oxygen atoms in total. The van der Waals surface area contributed by atoms with Crippen molar-refractivity contribution in [3.63, 3.8) is 0 Å². The van der Waals surface area contributed by atoms with Crippen molar-refractivity contribution in [2.45, 2.75) is 31.3 Å². The van der Waals surface area contributed by atoms with Crippen molar-refractivity contribution < 1.29 is 18.3 Å². The molecule has 0 amide bonds. The number of carbonyl (C=O) groups excluding carboxylic acids is 1. The van der Waals surface area contributed by atoms with Crippen LogP contribution in [0.3, 0.4) is 0 Å². The Morgan fingerprint density at radius 3 is 2.76 bits per heavy atom. The number of fused-ring (bicyclic) bond motifs is 2. The molecule has 0 N–H and O–H groups in total. The smallest absolute Gasteiger partial charge is 0.303 e. The fraction of sp³-hybridized carbons (Fsp3) is 0.300. The number of aryl methyl sites for hydroxylation is 1. The van der Waals surface area contributed by atoms with Gasteiger partial charge in [-0.2, -0.15) is 0 Å². The Labute approximate surface area is 168 Å². The van der Waals surface area contributed by atoms with Crippen LogP contribution in [-0.4, -0.2) is 31.4 Å². The number of nitrogens with zero attached hydrogens (tertiary/aromatic N) is 4. The zero-order chi connectivity index (χ0) is 20.4. The van der Waals surface area contributed by atoms with Crippen molar-refractivity contribution in [3.05, 3.63) is 41.7 Å². The summed E-state index contributed by atoms with van der Waals surface area (Å²) in [6, 6.07) is 7.45. The van der Waals surface area contributed by atoms with Crippen LogP contribution < -0.4 is 0 Å². The molecule has 4 aromatic heterocycles. The highest BCUT2D eigenvalue weighted by Gasteiger charge is 2.61. The van der Waals surface area contributed by atoms with Gasteiger partial charge < -0.3 is 9.30 Å². The Balaban J connectivity index is 1.55. The van der Waals surface area contributed by atoms with Gasteiger partial charge in [-0.25, -0.2) is 23.7 Å². The molecular weight excluding hydrogens is 398 g/mol. The summed E-state index contributed by atoms with van der Waals surface area (Å²) in [7, 11) is 1.88. The number of hydrogen-bond donors (Lipinski definition) is 0. The summed E-state index contributed by atoms with van der Waals surface area (Å²) in [5, 5.41) is 0.822. The van der Waals surface area contributed by atoms with Crippen molar-refractivity contribution >= 4 is 38.7 Å². The minimum Gasteiger partial charge on any atom is -0.453 e. The molecule has 1 aliphatic carbocycles. The third-order valence-corrected chi connectivity index (χ3v) is 6.34. The highest BCUT2D eigenvalue weighted by atomic mass is 32.1. The average molecular weight is 414 g/mol. The summed E-state index contributed by atoms with van der Waals surface area (Å²) in [5.41, 5.74) is 1.81. The maximum Gasteiger partial charge on any atom is 0.303 e. The van der Waals surface area contributed by atoms with Gasteiger partial charge in [0.15, 0.2) is 11.2 Å². The first-order valence-corrected chi connectivity index (χ1v) is 9.82. The molecule has 0 unspecified atom stereocenters. The lowest BCUT2D eigenvalue weighted by Crippen LogP contribution is -2.51. The number of thiophene rings is 1. The van der Waals surface area contributed by atoms with Crippen molar-refractivity contribution in [1.29, 1.82) is 0 Å². The Bertz CT molecular complexity index is 1270. The first-order chi connectivity index (χ1) is 13.7. The van der Waals surface area contributed by atoms with Crippen LogP contribution in [0.15, 0.2) is 36.8 Å². The van der Waals surface area contributed by atoms with Gasteiger partial charge in [-0.3, -0.25) is 4.79 Å². The Kier molecular flexibility index (Phi) is 3.76. The van der Waals surface area contributed by atoms with Gasteiger partial charge in [0, 0.05) is 31.1 Å². The number of aromatic nitrogens is 4. The minimum atomic E-state index is -2.83. The second-order valence-electron chi connectivity index (χ2n) is 7.42. The molecule has 1 aliphatic rings. The van der Waals surface area contributed by atoms with Gasteiger partial charge in [-0.05, 0) is 24.3 Å². The van der Waals surface area contributed by atoms with Crippen LogP contribution in [0.2, 0.25) is 0 Å². The van der Waals surface area contributed by atoms with Gasteiger partial charge in [0.2, 0.25) is 0 Å². The van der Waals surface area contributed by atoms with Crippen LogP contribution in [-0.2, 0) is 22.2 Å². The molecule has 0 atom stereocenters. The number of alkyl halides is 2. The topological polar surface area (TPSA) is 69.9 Å². The SMILES string of the molecule is CC(=O)OC1(c2cc3ccc(-c4cnc5c(c4)ncn5C)nc3s2)CC(F)(F)C1. The van der Waals surface area contributed by atoms with E-state index in [1.165, 1.54) is 18.3 Å². The number of rotatable bonds is 3. The molecule has 0 aliphatic heterocycles. The second-order valence-corrected chi connectivity index (χ2v) is 8.45. The Morgan fingerprint density at radius 1 is 1.24 bits per heavy atom. The van der Waals surface area contributed by atoms with E-state index in [0.29, 0.717) is 15.4 Å². The molecule has 0 radical (unpaired) electrons. The van der Waals surface area contributed by atoms with Crippen LogP contribution in [0.4, 0.5) is 8.78 Å². The van der Waals surface area contributed by atoms with Crippen LogP contribution >= 0.6 is 11.3 Å². The lowest BCUT2D eigenvalue weighted by molar-refractivity contribution is -0.228. The van der Waals surface area contributed by atoms with Crippen molar-refractivity contribution in [3.8, 4) is 11.3 Å². The molecule has 4 aromatic rings. The molecule has 0 spiro atoms. The Hall–Kier alpha value is -2.94. The maximum absolute atomic E-state index is 13.6. The summed E-state index contributed by atoms with van der Waals surface area (Å²) >= 11 is 1.28. The van der Waals surface area contributed by atoms with E-state index in [9.17, 15) is 13.6 Å². The zero-order valence-corrected chi connectivity index (χ0v) is 16.5. The number of ether oxygens (including phenoxy) is 1. The van der Waals surface area contributed by atoms with E-state index in [2.05, 4.69) is 15.0 Å². The third-order valence-electron chi connectivity index (χ3n) is 5.11. The number of pyridine rings is 2. The molecule has 4 heterocycles. The fourth-order valence-corrected chi connectivity index (χ4v) is 4.97. The molecule has 0 aromatic carbocycles. The average Bonchev–Trinajstić information content (AvgIpc) is 3.22. The third kappa shape index (κ3) is 2.96. The predicted molar refractivity (Wildman–Crippen MR) is 105 cm³/mol. The molecule has 29 heavy (non-hydrogen) atoms. The predicted octanol–water partition coefficient (Wildman–Crippen LogP) is 4.43. The van der Waals surface area contributed by atoms with E-state index in [1.807, 2.05) is 29.8 Å². The van der Waals surface area contributed by atoms with Gasteiger partial charge in [0.1, 0.15) is 10.3 Å². The normalized spacial score (nSPS) is 17.4. The molecule has 1 fully saturated rings. The molecule has 148 valence electrons. The van der Waals surface area contributed by atoms with Gasteiger partial charge in [0.05, 0.1) is 29.7 Å². The monoisotopic (exact) mass is 414 g/mol. The van der Waals surface area contributed by atoms with E-state index < -0.39 is 30.3 Å². The van der Waals surface area contributed by atoms with Crippen LogP contribution in [0.1, 0.15) is 24.6 Å². The van der Waals surface area contributed by atoms with E-state index in [4.69, 9.17) is 4.74 Å². The second kappa shape index (κ2) is 6.03. The van der Waals surface area contributed by atoms with E-state index in [1.54, 1.807) is 18.6 Å². The van der Waals surface area contributed by atoms with Gasteiger partial charge in [-0.15, -0.1) is 11.3 Å². The van der Waals surface area contributed by atoms with Gasteiger partial charge in [0.25, 0.3) is 5.92 Å². The van der Waals surface area contributed by atoms with Crippen LogP contribution in [0.5, 0.6) is 0 Å². The maximum atomic E-state index is 13.6. The number of carbonyl (C=O) groups is 1. The zero-order valence-electron chi connectivity index (χ0n) is 15.6. The largest absolute Gasteiger partial charge is 0.453 e. The fourth-order valence-electron chi connectivity index (χ4n) is 3.81. The van der Waals surface area contributed by atoms with Crippen LogP contribution in [0.25, 0.3) is 32.6 Å². The van der Waals surface area contributed by atoms with Crippen molar-refractivity contribution in [2.75, 3.05) is 0 Å². The quantitative estimate of drug-likeness (QED) is 0.464. The van der Waals surface area contributed by atoms with Crippen molar-refractivity contribution in [1.82, 2.24) is 19.5 Å². The molecule has 0 bridgehead atoms. The molecule has 5 rings (SSSR count). The lowest BCUT2D eigenvalue weighted by atomic mass is 9.75. The summed E-state index contributed by atoms with van der Waals surface area (Å²) in [4.78, 5) is 26.2. The summed E-state index contributed by atoms with van der Waals surface area (Å²) in [6.45, 7) is 1.24. The van der Waals surface area contributed by atoms with Crippen LogP contribution in [0, 0.1) is 0 Å². The molecular formula is C20H16F2N4O2S. The van der Waals surface area contributed by atoms with Gasteiger partial charge in [-0.1, -0.05) is 0 Å². The summed E-state index contributed by atoms with van der Waals surface area (Å²) in [6.07, 6.45) is 2.44. The molecule has 1 saturated carbocycles. The molecule has 9 heteroatoms. The summed E-state index contributed by atoms with van der Waals surface area (Å²) in [5.74, 6) is -3.39. The summed E-state index contributed by atoms with van der Waals surface area (Å²) < 4.78 is 34.4. The first kappa shape index (κ1) is 18.1. The molecule has 0 saturated heterocycles. The number of imidazole rings is 1. The standard InChI is InChI=1S/C20H16F2N4O2S/c1-11(27)28-19(8-20(21,22)9-19)16-6-12-3-4-14(25-18(12)29-16)13-5-15-17(23-7-13)26(2)10-24-15/h3-7,10H,8-9H2,1-2H3. The van der Waals surface area contributed by atoms with Gasteiger partial charge >= 0.3 is 5.97 Å². The van der Waals surface area contributed by atoms with Crippen molar-refractivity contribution in [2.24, 2.45) is 7.05 Å². The highest BCUT2D eigenvalue weighted by molar-refractivity contribution is 7.18. The lowest BCUT2D eigenvalue weighted by Gasteiger charge is -2.45. The Morgan fingerprint density at radius 2 is 2.03 bits per heavy atom. The van der Waals surface area contributed by atoms with E-state index in [-0.39, 0.29) is 0 Å². The number of halogens is 2. The minimum absolute atomic E-state index is 0.500. The van der Waals surface area contributed by atoms with E-state index in [0.717, 1.165) is 22.1 Å². The van der Waals surface area contributed by atoms with E-state index >= 15 is 0 Å². The first-order valence-electron chi connectivity index (χ1n) is 9.01. The number of esters is 1.